The van der Waals surface area contributed by atoms with Crippen LogP contribution in [0.2, 0.25) is 0 Å². The topological polar surface area (TPSA) is 89.7 Å². The molecule has 22 heavy (non-hydrogen) atoms. The van der Waals surface area contributed by atoms with Crippen molar-refractivity contribution in [3.05, 3.63) is 16.3 Å². The summed E-state index contributed by atoms with van der Waals surface area (Å²) < 4.78 is 30.8. The van der Waals surface area contributed by atoms with Crippen LogP contribution in [-0.2, 0) is 14.8 Å². The summed E-state index contributed by atoms with van der Waals surface area (Å²) in [7, 11) is -1.00. The Morgan fingerprint density at radius 3 is 2.55 bits per heavy atom. The van der Waals surface area contributed by atoms with Crippen molar-refractivity contribution in [1.82, 2.24) is 4.31 Å². The van der Waals surface area contributed by atoms with Crippen molar-refractivity contribution in [3.63, 3.8) is 0 Å². The van der Waals surface area contributed by atoms with Crippen LogP contribution >= 0.6 is 23.7 Å². The van der Waals surface area contributed by atoms with Gasteiger partial charge < -0.3 is 10.5 Å². The first kappa shape index (κ1) is 21.3. The Labute approximate surface area is 142 Å². The first-order chi connectivity index (χ1) is 9.71. The molecule has 0 saturated heterocycles. The van der Waals surface area contributed by atoms with E-state index < -0.39 is 16.0 Å². The molecule has 0 amide bonds. The summed E-state index contributed by atoms with van der Waals surface area (Å²) in [5.41, 5.74) is 5.93. The van der Waals surface area contributed by atoms with E-state index in [1.807, 2.05) is 13.8 Å². The second-order valence-corrected chi connectivity index (χ2v) is 8.06. The maximum atomic E-state index is 12.5. The molecule has 0 radical (unpaired) electrons. The lowest BCUT2D eigenvalue weighted by Gasteiger charge is -2.21. The quantitative estimate of drug-likeness (QED) is 0.741. The van der Waals surface area contributed by atoms with Crippen LogP contribution in [0.3, 0.4) is 0 Å². The van der Waals surface area contributed by atoms with Gasteiger partial charge in [0, 0.05) is 19.6 Å². The number of halogens is 1. The zero-order valence-corrected chi connectivity index (χ0v) is 15.6. The van der Waals surface area contributed by atoms with Gasteiger partial charge in [0.2, 0.25) is 10.0 Å². The van der Waals surface area contributed by atoms with Gasteiger partial charge in [-0.1, -0.05) is 13.8 Å². The Hall–Kier alpha value is -0.670. The molecule has 0 saturated carbocycles. The lowest BCUT2D eigenvalue weighted by Crippen LogP contribution is -2.35. The monoisotopic (exact) mass is 370 g/mol. The Bertz CT molecular complexity index is 587. The third-order valence-corrected chi connectivity index (χ3v) is 6.24. The van der Waals surface area contributed by atoms with E-state index in [1.165, 1.54) is 24.5 Å². The van der Waals surface area contributed by atoms with Crippen molar-refractivity contribution in [1.29, 1.82) is 0 Å². The molecule has 0 aliphatic rings. The van der Waals surface area contributed by atoms with Gasteiger partial charge in [-0.05, 0) is 23.8 Å². The summed E-state index contributed by atoms with van der Waals surface area (Å²) in [6, 6.07) is 1.36. The number of hydrogen-bond donors (Lipinski definition) is 1. The number of hydrogen-bond acceptors (Lipinski definition) is 6. The minimum atomic E-state index is -3.72. The molecule has 0 bridgehead atoms. The highest BCUT2D eigenvalue weighted by atomic mass is 35.5. The van der Waals surface area contributed by atoms with Gasteiger partial charge in [0.25, 0.3) is 0 Å². The summed E-state index contributed by atoms with van der Waals surface area (Å²) in [6.07, 6.45) is 0.561. The third kappa shape index (κ3) is 4.92. The van der Waals surface area contributed by atoms with Gasteiger partial charge in [0.05, 0.1) is 7.11 Å². The molecule has 1 aromatic rings. The number of methoxy groups -OCH3 is 1. The van der Waals surface area contributed by atoms with Gasteiger partial charge in [-0.15, -0.1) is 23.7 Å². The third-order valence-electron chi connectivity index (χ3n) is 3.32. The Balaban J connectivity index is 0.00000441. The molecule has 1 rings (SSSR count). The van der Waals surface area contributed by atoms with E-state index in [-0.39, 0.29) is 34.1 Å². The maximum absolute atomic E-state index is 12.5. The predicted octanol–water partition coefficient (Wildman–Crippen LogP) is 1.95. The molecule has 0 spiro atoms. The van der Waals surface area contributed by atoms with E-state index in [2.05, 4.69) is 4.74 Å². The van der Waals surface area contributed by atoms with Gasteiger partial charge in [-0.2, -0.15) is 0 Å². The highest BCUT2D eigenvalue weighted by Crippen LogP contribution is 2.25. The first-order valence-electron chi connectivity index (χ1n) is 6.59. The number of carbonyl (C=O) groups is 1. The molecular formula is C13H23ClN2O4S2. The minimum absolute atomic E-state index is 0. The Kier molecular flexibility index (Phi) is 8.56. The van der Waals surface area contributed by atoms with Gasteiger partial charge in [-0.25, -0.2) is 17.5 Å². The molecule has 1 unspecified atom stereocenters. The number of ether oxygens (including phenoxy) is 1. The first-order valence-corrected chi connectivity index (χ1v) is 8.91. The second-order valence-electron chi connectivity index (χ2n) is 5.13. The number of sulfonamides is 1. The molecule has 0 aliphatic carbocycles. The van der Waals surface area contributed by atoms with Gasteiger partial charge in [0.1, 0.15) is 9.77 Å². The largest absolute Gasteiger partial charge is 0.465 e. The van der Waals surface area contributed by atoms with Crippen LogP contribution in [0.15, 0.2) is 16.3 Å². The lowest BCUT2D eigenvalue weighted by molar-refractivity contribution is 0.0602. The molecule has 1 atom stereocenters. The van der Waals surface area contributed by atoms with Crippen molar-refractivity contribution in [2.75, 3.05) is 20.7 Å². The minimum Gasteiger partial charge on any atom is -0.465 e. The lowest BCUT2D eigenvalue weighted by atomic mass is 10.0. The van der Waals surface area contributed by atoms with E-state index in [9.17, 15) is 13.2 Å². The highest BCUT2D eigenvalue weighted by molar-refractivity contribution is 7.89. The van der Waals surface area contributed by atoms with Crippen LogP contribution in [-0.4, -0.2) is 45.4 Å². The average molecular weight is 371 g/mol. The molecule has 2 N–H and O–H groups in total. The fourth-order valence-corrected chi connectivity index (χ4v) is 4.18. The van der Waals surface area contributed by atoms with Crippen molar-refractivity contribution < 1.29 is 17.9 Å². The predicted molar refractivity (Wildman–Crippen MR) is 90.2 cm³/mol. The Morgan fingerprint density at radius 2 is 2.05 bits per heavy atom. The number of thiophene rings is 1. The summed E-state index contributed by atoms with van der Waals surface area (Å²) >= 11 is 1.05. The number of rotatable bonds is 7. The van der Waals surface area contributed by atoms with Crippen molar-refractivity contribution >= 4 is 39.7 Å². The molecule has 128 valence electrons. The number of esters is 1. The van der Waals surface area contributed by atoms with E-state index in [1.54, 1.807) is 5.38 Å². The van der Waals surface area contributed by atoms with Gasteiger partial charge >= 0.3 is 5.97 Å². The SMILES string of the molecule is COC(=O)c1sccc1S(=O)(=O)N(C)CCC(N)C(C)C.Cl. The standard InChI is InChI=1S/C13H22N2O4S2.ClH/c1-9(2)10(14)5-7-15(3)21(17,18)11-6-8-20-12(11)13(16)19-4;/h6,8-10H,5,7,14H2,1-4H3;1H. The van der Waals surface area contributed by atoms with E-state index >= 15 is 0 Å². The van der Waals surface area contributed by atoms with Crippen LogP contribution in [0.4, 0.5) is 0 Å². The zero-order chi connectivity index (χ0) is 16.2. The van der Waals surface area contributed by atoms with Crippen molar-refractivity contribution in [2.45, 2.75) is 31.2 Å². The number of carbonyl (C=O) groups excluding carboxylic acids is 1. The fourth-order valence-electron chi connectivity index (χ4n) is 1.69. The molecule has 9 heteroatoms. The zero-order valence-electron chi connectivity index (χ0n) is 13.1. The van der Waals surface area contributed by atoms with Crippen LogP contribution in [0.5, 0.6) is 0 Å². The summed E-state index contributed by atoms with van der Waals surface area (Å²) in [5.74, 6) is -0.358. The molecule has 6 nitrogen and oxygen atoms in total. The van der Waals surface area contributed by atoms with E-state index in [4.69, 9.17) is 5.73 Å². The molecular weight excluding hydrogens is 348 g/mol. The molecule has 1 heterocycles. The van der Waals surface area contributed by atoms with Crippen LogP contribution in [0.1, 0.15) is 29.9 Å². The maximum Gasteiger partial charge on any atom is 0.349 e. The second kappa shape index (κ2) is 8.83. The fraction of sp³-hybridized carbons (Fsp3) is 0.615. The van der Waals surface area contributed by atoms with E-state index in [0.29, 0.717) is 13.0 Å². The summed E-state index contributed by atoms with van der Waals surface area (Å²) in [6.45, 7) is 4.29. The molecule has 0 aliphatic heterocycles. The van der Waals surface area contributed by atoms with Gasteiger partial charge in [-0.3, -0.25) is 0 Å². The summed E-state index contributed by atoms with van der Waals surface area (Å²) in [4.78, 5) is 11.7. The van der Waals surface area contributed by atoms with Crippen molar-refractivity contribution in [3.8, 4) is 0 Å². The smallest absolute Gasteiger partial charge is 0.349 e. The highest BCUT2D eigenvalue weighted by Gasteiger charge is 2.28. The van der Waals surface area contributed by atoms with Crippen molar-refractivity contribution in [2.24, 2.45) is 11.7 Å². The van der Waals surface area contributed by atoms with E-state index in [0.717, 1.165) is 11.3 Å². The molecule has 1 aromatic heterocycles. The van der Waals surface area contributed by atoms with Gasteiger partial charge in [0.15, 0.2) is 0 Å². The average Bonchev–Trinajstić information content (AvgIpc) is 2.93. The number of nitrogens with zero attached hydrogens (tertiary/aromatic N) is 1. The summed E-state index contributed by atoms with van der Waals surface area (Å²) in [5, 5.41) is 1.56. The molecule has 0 fully saturated rings. The van der Waals surface area contributed by atoms with Crippen LogP contribution in [0.25, 0.3) is 0 Å². The number of nitrogens with two attached hydrogens (primary N) is 1. The molecule has 0 aromatic carbocycles. The Morgan fingerprint density at radius 1 is 1.45 bits per heavy atom. The van der Waals surface area contributed by atoms with Crippen LogP contribution < -0.4 is 5.73 Å². The normalized spacial score (nSPS) is 13.0. The van der Waals surface area contributed by atoms with Crippen LogP contribution in [0, 0.1) is 5.92 Å².